The summed E-state index contributed by atoms with van der Waals surface area (Å²) < 4.78 is 12.3. The predicted octanol–water partition coefficient (Wildman–Crippen LogP) is 3.99. The zero-order valence-corrected chi connectivity index (χ0v) is 11.2. The van der Waals surface area contributed by atoms with E-state index in [-0.39, 0.29) is 18.0 Å². The molecular weight excluding hydrogens is 212 g/mol. The van der Waals surface area contributed by atoms with Crippen LogP contribution >= 0.6 is 0 Å². The Morgan fingerprint density at radius 1 is 1.12 bits per heavy atom. The normalized spacial score (nSPS) is 27.3. The van der Waals surface area contributed by atoms with E-state index < -0.39 is 0 Å². The first-order valence-corrected chi connectivity index (χ1v) is 6.53. The molecule has 0 bridgehead atoms. The quantitative estimate of drug-likeness (QED) is 0.787. The highest BCUT2D eigenvalue weighted by atomic mass is 16.8. The van der Waals surface area contributed by atoms with Gasteiger partial charge >= 0.3 is 0 Å². The first kappa shape index (κ1) is 12.6. The topological polar surface area (TPSA) is 18.5 Å². The number of hydrogen-bond acceptors (Lipinski definition) is 2. The minimum absolute atomic E-state index is 0.0658. The number of hydrogen-bond donors (Lipinski definition) is 0. The van der Waals surface area contributed by atoms with Crippen molar-refractivity contribution in [1.29, 1.82) is 0 Å². The Balaban J connectivity index is 2.27. The van der Waals surface area contributed by atoms with Gasteiger partial charge in [-0.05, 0) is 37.8 Å². The van der Waals surface area contributed by atoms with Crippen molar-refractivity contribution in [3.8, 4) is 0 Å². The summed E-state index contributed by atoms with van der Waals surface area (Å²) in [5.74, 6) is -0.383. The van der Waals surface area contributed by atoms with Crippen LogP contribution in [0.2, 0.25) is 0 Å². The van der Waals surface area contributed by atoms with Gasteiger partial charge in [-0.3, -0.25) is 0 Å². The third-order valence-corrected chi connectivity index (χ3v) is 3.74. The van der Waals surface area contributed by atoms with Crippen LogP contribution in [0.25, 0.3) is 0 Å². The van der Waals surface area contributed by atoms with Crippen molar-refractivity contribution >= 4 is 0 Å². The molecule has 0 N–H and O–H groups in total. The highest BCUT2D eigenvalue weighted by molar-refractivity contribution is 5.29. The molecule has 2 heteroatoms. The summed E-state index contributed by atoms with van der Waals surface area (Å²) in [6.07, 6.45) is 1.99. The van der Waals surface area contributed by atoms with Gasteiger partial charge in [-0.1, -0.05) is 38.1 Å². The Morgan fingerprint density at radius 3 is 2.29 bits per heavy atom. The third-order valence-electron chi connectivity index (χ3n) is 3.74. The van der Waals surface area contributed by atoms with Gasteiger partial charge in [0.05, 0.1) is 6.10 Å². The second-order valence-electron chi connectivity index (χ2n) is 4.84. The Bertz CT molecular complexity index is 382. The van der Waals surface area contributed by atoms with Crippen molar-refractivity contribution in [2.24, 2.45) is 0 Å². The summed E-state index contributed by atoms with van der Waals surface area (Å²) in [5.41, 5.74) is 2.53. The first-order valence-electron chi connectivity index (χ1n) is 6.53. The van der Waals surface area contributed by atoms with Gasteiger partial charge in [0.2, 0.25) is 0 Å². The lowest BCUT2D eigenvalue weighted by Crippen LogP contribution is -2.28. The highest BCUT2D eigenvalue weighted by Gasteiger charge is 2.44. The maximum absolute atomic E-state index is 6.20. The molecule has 2 atom stereocenters. The van der Waals surface area contributed by atoms with Gasteiger partial charge in [-0.15, -0.1) is 0 Å². The molecule has 2 unspecified atom stereocenters. The Morgan fingerprint density at radius 2 is 1.76 bits per heavy atom. The molecule has 1 aliphatic heterocycles. The molecule has 1 fully saturated rings. The van der Waals surface area contributed by atoms with E-state index in [0.29, 0.717) is 0 Å². The fourth-order valence-electron chi connectivity index (χ4n) is 2.56. The van der Waals surface area contributed by atoms with E-state index in [1.807, 2.05) is 0 Å². The fraction of sp³-hybridized carbons (Fsp3) is 0.600. The van der Waals surface area contributed by atoms with Crippen LogP contribution in [0.1, 0.15) is 50.8 Å². The minimum Gasteiger partial charge on any atom is -0.344 e. The average Bonchev–Trinajstić information content (AvgIpc) is 2.68. The maximum Gasteiger partial charge on any atom is 0.169 e. The zero-order chi connectivity index (χ0) is 12.5. The monoisotopic (exact) mass is 234 g/mol. The zero-order valence-electron chi connectivity index (χ0n) is 11.2. The number of ether oxygens (including phenoxy) is 2. The lowest BCUT2D eigenvalue weighted by atomic mass is 10.0. The Labute approximate surface area is 104 Å². The van der Waals surface area contributed by atoms with E-state index in [4.69, 9.17) is 9.47 Å². The van der Waals surface area contributed by atoms with E-state index in [1.54, 1.807) is 0 Å². The molecule has 0 aliphatic carbocycles. The second-order valence-corrected chi connectivity index (χ2v) is 4.84. The molecule has 0 spiro atoms. The summed E-state index contributed by atoms with van der Waals surface area (Å²) in [7, 11) is 0. The van der Waals surface area contributed by atoms with Crippen molar-refractivity contribution in [2.45, 2.75) is 58.5 Å². The molecule has 17 heavy (non-hydrogen) atoms. The van der Waals surface area contributed by atoms with Crippen LogP contribution in [-0.2, 0) is 9.47 Å². The smallest absolute Gasteiger partial charge is 0.169 e. The van der Waals surface area contributed by atoms with Crippen LogP contribution in [0.5, 0.6) is 0 Å². The highest BCUT2D eigenvalue weighted by Crippen LogP contribution is 2.42. The van der Waals surface area contributed by atoms with Gasteiger partial charge in [0.1, 0.15) is 6.10 Å². The van der Waals surface area contributed by atoms with E-state index >= 15 is 0 Å². The Hall–Kier alpha value is -0.860. The van der Waals surface area contributed by atoms with Crippen LogP contribution in [0.3, 0.4) is 0 Å². The van der Waals surface area contributed by atoms with Crippen LogP contribution < -0.4 is 0 Å². The lowest BCUT2D eigenvalue weighted by Gasteiger charge is -2.25. The van der Waals surface area contributed by atoms with Crippen molar-refractivity contribution in [3.05, 3.63) is 35.4 Å². The van der Waals surface area contributed by atoms with E-state index in [2.05, 4.69) is 52.0 Å². The van der Waals surface area contributed by atoms with Crippen molar-refractivity contribution in [2.75, 3.05) is 0 Å². The molecule has 1 aromatic carbocycles. The van der Waals surface area contributed by atoms with E-state index in [1.165, 1.54) is 11.1 Å². The van der Waals surface area contributed by atoms with Gasteiger partial charge in [-0.2, -0.15) is 0 Å². The van der Waals surface area contributed by atoms with Gasteiger partial charge in [0, 0.05) is 0 Å². The largest absolute Gasteiger partial charge is 0.344 e. The number of benzene rings is 1. The molecule has 1 heterocycles. The van der Waals surface area contributed by atoms with E-state index in [9.17, 15) is 0 Å². The number of rotatable bonds is 3. The van der Waals surface area contributed by atoms with Crippen molar-refractivity contribution < 1.29 is 9.47 Å². The van der Waals surface area contributed by atoms with Crippen molar-refractivity contribution in [3.63, 3.8) is 0 Å². The lowest BCUT2D eigenvalue weighted by molar-refractivity contribution is -0.178. The molecule has 94 valence electrons. The van der Waals surface area contributed by atoms with Gasteiger partial charge in [0.25, 0.3) is 0 Å². The Kier molecular flexibility index (Phi) is 3.55. The van der Waals surface area contributed by atoms with Gasteiger partial charge in [0.15, 0.2) is 5.79 Å². The molecule has 1 saturated heterocycles. The summed E-state index contributed by atoms with van der Waals surface area (Å²) in [6.45, 7) is 8.47. The van der Waals surface area contributed by atoms with Gasteiger partial charge < -0.3 is 9.47 Å². The summed E-state index contributed by atoms with van der Waals surface area (Å²) in [4.78, 5) is 0. The molecule has 0 radical (unpaired) electrons. The number of aryl methyl sites for hydroxylation is 1. The molecule has 2 rings (SSSR count). The van der Waals surface area contributed by atoms with Crippen LogP contribution in [0.4, 0.5) is 0 Å². The average molecular weight is 234 g/mol. The summed E-state index contributed by atoms with van der Waals surface area (Å²) in [5, 5.41) is 0. The second kappa shape index (κ2) is 4.79. The third kappa shape index (κ3) is 2.24. The molecular formula is C15H22O2. The molecule has 0 aromatic heterocycles. The summed E-state index contributed by atoms with van der Waals surface area (Å²) in [6, 6.07) is 8.40. The summed E-state index contributed by atoms with van der Waals surface area (Å²) >= 11 is 0. The predicted molar refractivity (Wildman–Crippen MR) is 68.9 cm³/mol. The molecule has 1 aliphatic rings. The first-order chi connectivity index (χ1) is 8.12. The van der Waals surface area contributed by atoms with E-state index in [0.717, 1.165) is 12.8 Å². The molecule has 1 aromatic rings. The minimum atomic E-state index is -0.383. The SMILES string of the molecule is CCC1(CC)OC(C)C(c2ccccc2C)O1. The van der Waals surface area contributed by atoms with Crippen molar-refractivity contribution in [1.82, 2.24) is 0 Å². The van der Waals surface area contributed by atoms with Crippen LogP contribution in [0.15, 0.2) is 24.3 Å². The van der Waals surface area contributed by atoms with Crippen LogP contribution in [0, 0.1) is 6.92 Å². The molecule has 2 nitrogen and oxygen atoms in total. The standard InChI is InChI=1S/C15H22O2/c1-5-15(6-2)16-12(4)14(17-15)13-10-8-7-9-11(13)3/h7-10,12,14H,5-6H2,1-4H3. The molecule has 0 saturated carbocycles. The fourth-order valence-corrected chi connectivity index (χ4v) is 2.56. The van der Waals surface area contributed by atoms with Crippen LogP contribution in [-0.4, -0.2) is 11.9 Å². The maximum atomic E-state index is 6.20. The van der Waals surface area contributed by atoms with Gasteiger partial charge in [-0.25, -0.2) is 0 Å². The molecule has 0 amide bonds.